The van der Waals surface area contributed by atoms with Crippen molar-refractivity contribution >= 4 is 23.1 Å². The van der Waals surface area contributed by atoms with Gasteiger partial charge in [-0.15, -0.1) is 0 Å². The lowest BCUT2D eigenvalue weighted by atomic mass is 9.77. The maximum atomic E-state index is 12.4. The van der Waals surface area contributed by atoms with Gasteiger partial charge < -0.3 is 9.47 Å². The Balaban J connectivity index is 1.66. The van der Waals surface area contributed by atoms with Gasteiger partial charge in [0.15, 0.2) is 0 Å². The minimum atomic E-state index is -1.15. The summed E-state index contributed by atoms with van der Waals surface area (Å²) in [6, 6.07) is 0. The second-order valence-corrected chi connectivity index (χ2v) is 6.39. The average molecular weight is 338 g/mol. The van der Waals surface area contributed by atoms with Gasteiger partial charge in [0.05, 0.1) is 26.4 Å². The first-order chi connectivity index (χ1) is 11.6. The number of morpholine rings is 2. The Morgan fingerprint density at radius 2 is 0.917 bits per heavy atom. The topological polar surface area (TPSA) is 93.2 Å². The number of carbonyl (C=O) groups is 4. The Morgan fingerprint density at radius 1 is 0.625 bits per heavy atom. The second-order valence-electron chi connectivity index (χ2n) is 6.39. The predicted molar refractivity (Wildman–Crippen MR) is 81.5 cm³/mol. The van der Waals surface area contributed by atoms with Gasteiger partial charge in [0.2, 0.25) is 23.1 Å². The van der Waals surface area contributed by atoms with Crippen LogP contribution in [0.15, 0.2) is 0 Å². The van der Waals surface area contributed by atoms with Crippen LogP contribution in [-0.4, -0.2) is 98.6 Å². The van der Waals surface area contributed by atoms with Gasteiger partial charge in [0, 0.05) is 39.3 Å². The van der Waals surface area contributed by atoms with E-state index in [2.05, 4.69) is 0 Å². The maximum Gasteiger partial charge on any atom is 0.211 e. The van der Waals surface area contributed by atoms with Gasteiger partial charge in [0.25, 0.3) is 0 Å². The molecule has 0 aromatic carbocycles. The molecular weight excluding hydrogens is 316 g/mol. The molecule has 24 heavy (non-hydrogen) atoms. The van der Waals surface area contributed by atoms with Gasteiger partial charge >= 0.3 is 0 Å². The molecule has 3 fully saturated rings. The molecule has 132 valence electrons. The molecule has 0 amide bonds. The molecule has 0 atom stereocenters. The van der Waals surface area contributed by atoms with Crippen LogP contribution in [0.1, 0.15) is 0 Å². The van der Waals surface area contributed by atoms with E-state index in [0.717, 1.165) is 0 Å². The summed E-state index contributed by atoms with van der Waals surface area (Å²) < 4.78 is 10.5. The summed E-state index contributed by atoms with van der Waals surface area (Å²) in [4.78, 5) is 53.3. The van der Waals surface area contributed by atoms with E-state index in [1.54, 1.807) is 0 Å². The molecule has 2 heterocycles. The van der Waals surface area contributed by atoms with Crippen molar-refractivity contribution in [2.75, 3.05) is 65.7 Å². The summed E-state index contributed by atoms with van der Waals surface area (Å²) in [7, 11) is 0. The van der Waals surface area contributed by atoms with Crippen LogP contribution in [0.5, 0.6) is 0 Å². The van der Waals surface area contributed by atoms with Crippen molar-refractivity contribution in [3.05, 3.63) is 0 Å². The van der Waals surface area contributed by atoms with Crippen molar-refractivity contribution < 1.29 is 28.7 Å². The highest BCUT2D eigenvalue weighted by atomic mass is 16.5. The fraction of sp³-hybridized carbons (Fsp3) is 0.750. The molecule has 0 aromatic heterocycles. The van der Waals surface area contributed by atoms with Gasteiger partial charge in [-0.25, -0.2) is 0 Å². The zero-order valence-corrected chi connectivity index (χ0v) is 13.6. The Morgan fingerprint density at radius 3 is 1.21 bits per heavy atom. The molecule has 1 saturated carbocycles. The highest BCUT2D eigenvalue weighted by Gasteiger charge is 2.49. The van der Waals surface area contributed by atoms with E-state index >= 15 is 0 Å². The molecule has 2 aliphatic heterocycles. The van der Waals surface area contributed by atoms with Crippen LogP contribution in [0.25, 0.3) is 0 Å². The summed E-state index contributed by atoms with van der Waals surface area (Å²) in [6.45, 7) is 4.73. The number of hydrogen-bond acceptors (Lipinski definition) is 8. The molecule has 2 saturated heterocycles. The average Bonchev–Trinajstić information content (AvgIpc) is 2.62. The van der Waals surface area contributed by atoms with Crippen LogP contribution >= 0.6 is 0 Å². The lowest BCUT2D eigenvalue weighted by Gasteiger charge is -2.33. The van der Waals surface area contributed by atoms with E-state index < -0.39 is 35.0 Å². The van der Waals surface area contributed by atoms with E-state index in [0.29, 0.717) is 52.6 Å². The summed E-state index contributed by atoms with van der Waals surface area (Å²) in [5, 5.41) is 0. The zero-order valence-electron chi connectivity index (χ0n) is 13.6. The maximum absolute atomic E-state index is 12.4. The third-order valence-corrected chi connectivity index (χ3v) is 4.84. The number of ketones is 4. The quantitative estimate of drug-likeness (QED) is 0.437. The largest absolute Gasteiger partial charge is 0.379 e. The van der Waals surface area contributed by atoms with Gasteiger partial charge in [-0.05, 0) is 0 Å². The number of carbonyl (C=O) groups excluding carboxylic acids is 4. The zero-order chi connectivity index (χ0) is 17.1. The summed E-state index contributed by atoms with van der Waals surface area (Å²) >= 11 is 0. The molecule has 3 aliphatic rings. The Kier molecular flexibility index (Phi) is 5.50. The highest BCUT2D eigenvalue weighted by molar-refractivity contribution is 6.60. The van der Waals surface area contributed by atoms with Crippen molar-refractivity contribution in [3.8, 4) is 0 Å². The van der Waals surface area contributed by atoms with Crippen molar-refractivity contribution in [1.29, 1.82) is 0 Å². The minimum Gasteiger partial charge on any atom is -0.379 e. The van der Waals surface area contributed by atoms with Crippen molar-refractivity contribution in [2.24, 2.45) is 11.8 Å². The molecule has 0 aromatic rings. The normalized spacial score (nSPS) is 30.8. The molecule has 8 nitrogen and oxygen atoms in total. The number of nitrogens with zero attached hydrogens (tertiary/aromatic N) is 2. The van der Waals surface area contributed by atoms with Crippen molar-refractivity contribution in [3.63, 3.8) is 0 Å². The fourth-order valence-corrected chi connectivity index (χ4v) is 3.34. The number of Topliss-reactive ketones (excluding diaryl/α,β-unsaturated/α-hetero) is 4. The molecule has 3 rings (SSSR count). The summed E-state index contributed by atoms with van der Waals surface area (Å²) in [6.07, 6.45) is 0. The number of hydrogen-bond donors (Lipinski definition) is 0. The summed E-state index contributed by atoms with van der Waals surface area (Å²) in [5.41, 5.74) is 0. The number of rotatable bonds is 4. The SMILES string of the molecule is O=C1C(=O)C(CN2CCOCC2)C(=O)C(=O)C1CN1CCOCC1. The molecule has 0 spiro atoms. The lowest BCUT2D eigenvalue weighted by molar-refractivity contribution is -0.157. The predicted octanol–water partition coefficient (Wildman–Crippen LogP) is -1.83. The standard InChI is InChI=1S/C16H22N2O6/c19-13-11(9-17-1-5-23-6-2-17)14(20)16(22)12(15(13)21)10-18-3-7-24-8-4-18/h11-12H,1-10H2. The fourth-order valence-electron chi connectivity index (χ4n) is 3.34. The van der Waals surface area contributed by atoms with Crippen LogP contribution in [0.4, 0.5) is 0 Å². The molecular formula is C16H22N2O6. The molecule has 8 heteroatoms. The van der Waals surface area contributed by atoms with Crippen LogP contribution in [0.3, 0.4) is 0 Å². The van der Waals surface area contributed by atoms with Gasteiger partial charge in [-0.2, -0.15) is 0 Å². The Bertz CT molecular complexity index is 461. The van der Waals surface area contributed by atoms with Crippen molar-refractivity contribution in [1.82, 2.24) is 9.80 Å². The van der Waals surface area contributed by atoms with Crippen molar-refractivity contribution in [2.45, 2.75) is 0 Å². The molecule has 0 bridgehead atoms. The van der Waals surface area contributed by atoms with E-state index in [-0.39, 0.29) is 13.1 Å². The van der Waals surface area contributed by atoms with E-state index in [1.165, 1.54) is 0 Å². The van der Waals surface area contributed by atoms with Crippen LogP contribution in [0, 0.1) is 11.8 Å². The first-order valence-corrected chi connectivity index (χ1v) is 8.34. The van der Waals surface area contributed by atoms with Crippen LogP contribution in [-0.2, 0) is 28.7 Å². The third-order valence-electron chi connectivity index (χ3n) is 4.84. The van der Waals surface area contributed by atoms with E-state index in [4.69, 9.17) is 9.47 Å². The molecule has 0 unspecified atom stereocenters. The van der Waals surface area contributed by atoms with Gasteiger partial charge in [-0.1, -0.05) is 0 Å². The molecule has 0 N–H and O–H groups in total. The first-order valence-electron chi connectivity index (χ1n) is 8.34. The van der Waals surface area contributed by atoms with E-state index in [1.807, 2.05) is 9.80 Å². The molecule has 1 aliphatic carbocycles. The Hall–Kier alpha value is -1.48. The monoisotopic (exact) mass is 338 g/mol. The highest BCUT2D eigenvalue weighted by Crippen LogP contribution is 2.21. The minimum absolute atomic E-state index is 0.128. The van der Waals surface area contributed by atoms with Crippen LogP contribution in [0.2, 0.25) is 0 Å². The number of ether oxygens (including phenoxy) is 2. The van der Waals surface area contributed by atoms with Gasteiger partial charge in [-0.3, -0.25) is 29.0 Å². The third kappa shape index (κ3) is 3.61. The Labute approximate surface area is 140 Å². The lowest BCUT2D eigenvalue weighted by Crippen LogP contribution is -2.56. The summed E-state index contributed by atoms with van der Waals surface area (Å²) in [5.74, 6) is -5.17. The second kappa shape index (κ2) is 7.60. The van der Waals surface area contributed by atoms with Gasteiger partial charge in [0.1, 0.15) is 11.8 Å². The van der Waals surface area contributed by atoms with Crippen LogP contribution < -0.4 is 0 Å². The molecule has 0 radical (unpaired) electrons. The van der Waals surface area contributed by atoms with E-state index in [9.17, 15) is 19.2 Å². The smallest absolute Gasteiger partial charge is 0.211 e. The first kappa shape index (κ1) is 17.3.